The Morgan fingerprint density at radius 3 is 2.62 bits per heavy atom. The lowest BCUT2D eigenvalue weighted by Gasteiger charge is -2.30. The zero-order chi connectivity index (χ0) is 25.4. The number of ether oxygens (including phenoxy) is 3. The quantitative estimate of drug-likeness (QED) is 0.334. The van der Waals surface area contributed by atoms with Gasteiger partial charge in [0.2, 0.25) is 5.88 Å². The lowest BCUT2D eigenvalue weighted by atomic mass is 9.81. The third kappa shape index (κ3) is 4.00. The number of fused-ring (bicyclic) bond motifs is 4. The van der Waals surface area contributed by atoms with Gasteiger partial charge in [0.1, 0.15) is 17.6 Å². The van der Waals surface area contributed by atoms with E-state index in [0.717, 1.165) is 46.2 Å². The van der Waals surface area contributed by atoms with Gasteiger partial charge < -0.3 is 23.3 Å². The first-order chi connectivity index (χ1) is 18.2. The fourth-order valence-electron chi connectivity index (χ4n) is 5.14. The van der Waals surface area contributed by atoms with Crippen molar-refractivity contribution in [1.82, 2.24) is 19.1 Å². The minimum atomic E-state index is -0.272. The molecule has 1 unspecified atom stereocenters. The van der Waals surface area contributed by atoms with Gasteiger partial charge in [0.05, 0.1) is 26.1 Å². The van der Waals surface area contributed by atoms with Crippen LogP contribution in [0.4, 0.5) is 0 Å². The molecule has 3 heterocycles. The van der Waals surface area contributed by atoms with Gasteiger partial charge in [-0.15, -0.1) is 0 Å². The van der Waals surface area contributed by atoms with E-state index in [-0.39, 0.29) is 5.92 Å². The van der Waals surface area contributed by atoms with Gasteiger partial charge in [-0.2, -0.15) is 0 Å². The Morgan fingerprint density at radius 2 is 1.81 bits per heavy atom. The smallest absolute Gasteiger partial charge is 0.228 e. The van der Waals surface area contributed by atoms with Gasteiger partial charge in [0.25, 0.3) is 0 Å². The van der Waals surface area contributed by atoms with Crippen LogP contribution in [0.5, 0.6) is 23.1 Å². The molecule has 1 N–H and O–H groups in total. The van der Waals surface area contributed by atoms with E-state index in [0.29, 0.717) is 29.4 Å². The lowest BCUT2D eigenvalue weighted by molar-refractivity contribution is 0.354. The monoisotopic (exact) mass is 493 g/mol. The van der Waals surface area contributed by atoms with E-state index < -0.39 is 0 Å². The van der Waals surface area contributed by atoms with E-state index in [1.807, 2.05) is 51.7 Å². The Hall–Kier alpha value is -4.59. The van der Waals surface area contributed by atoms with Crippen molar-refractivity contribution in [2.75, 3.05) is 14.2 Å². The van der Waals surface area contributed by atoms with Gasteiger partial charge in [-0.05, 0) is 41.0 Å². The summed E-state index contributed by atoms with van der Waals surface area (Å²) < 4.78 is 21.4. The number of rotatable bonds is 7. The molecule has 0 radical (unpaired) electrons. The second kappa shape index (κ2) is 9.46. The molecule has 0 saturated heterocycles. The minimum Gasteiger partial charge on any atom is -0.493 e. The fraction of sp³-hybridized carbons (Fsp3) is 0.207. The van der Waals surface area contributed by atoms with Crippen LogP contribution in [0.2, 0.25) is 0 Å². The van der Waals surface area contributed by atoms with E-state index >= 15 is 0 Å². The zero-order valence-corrected chi connectivity index (χ0v) is 20.7. The van der Waals surface area contributed by atoms with E-state index in [1.54, 1.807) is 33.1 Å². The summed E-state index contributed by atoms with van der Waals surface area (Å²) in [5.41, 5.74) is 3.12. The van der Waals surface area contributed by atoms with Crippen molar-refractivity contribution in [3.8, 4) is 23.1 Å². The molecule has 37 heavy (non-hydrogen) atoms. The minimum absolute atomic E-state index is 0.272. The molecule has 5 aromatic rings. The first-order valence-corrected chi connectivity index (χ1v) is 12.2. The molecule has 3 aromatic carbocycles. The molecule has 0 saturated carbocycles. The number of methoxy groups -OCH3 is 2. The first-order valence-electron chi connectivity index (χ1n) is 12.2. The van der Waals surface area contributed by atoms with Gasteiger partial charge >= 0.3 is 0 Å². The number of hydrogen-bond acceptors (Lipinski definition) is 6. The number of imidazole rings is 1. The molecule has 2 aromatic heterocycles. The molecule has 1 aliphatic rings. The van der Waals surface area contributed by atoms with Gasteiger partial charge in [-0.3, -0.25) is 5.41 Å². The van der Waals surface area contributed by atoms with E-state index in [4.69, 9.17) is 14.2 Å². The zero-order valence-electron chi connectivity index (χ0n) is 20.7. The van der Waals surface area contributed by atoms with Crippen LogP contribution in [0.1, 0.15) is 29.0 Å². The Labute approximate surface area is 214 Å². The maximum absolute atomic E-state index is 9.25. The molecule has 0 aliphatic carbocycles. The van der Waals surface area contributed by atoms with Crippen LogP contribution in [-0.2, 0) is 13.1 Å². The standard InChI is InChI=1S/C29H27N5O3/c1-35-22-10-9-20(16-24(22)36-2)25-26-21-7-4-3-6-19(21)8-11-23(26)37-29-27(25)28(30)34(18-32-29)14-5-13-33-15-12-31-17-33/h3-4,6-12,15-18,25,30H,5,13-14H2,1-2H3. The van der Waals surface area contributed by atoms with Crippen LogP contribution in [-0.4, -0.2) is 33.3 Å². The summed E-state index contributed by atoms with van der Waals surface area (Å²) in [5.74, 6) is 2.22. The topological polar surface area (TPSA) is 87.2 Å². The van der Waals surface area contributed by atoms with Crippen molar-refractivity contribution in [3.63, 3.8) is 0 Å². The van der Waals surface area contributed by atoms with Gasteiger partial charge in [-0.25, -0.2) is 9.97 Å². The van der Waals surface area contributed by atoms with Crippen LogP contribution in [0.3, 0.4) is 0 Å². The van der Waals surface area contributed by atoms with Crippen molar-refractivity contribution < 1.29 is 14.2 Å². The van der Waals surface area contributed by atoms with E-state index in [9.17, 15) is 5.41 Å². The van der Waals surface area contributed by atoms with Crippen LogP contribution < -0.4 is 19.7 Å². The van der Waals surface area contributed by atoms with Crippen LogP contribution >= 0.6 is 0 Å². The Balaban J connectivity index is 1.51. The normalized spacial score (nSPS) is 14.1. The predicted octanol–water partition coefficient (Wildman–Crippen LogP) is 5.11. The highest BCUT2D eigenvalue weighted by Gasteiger charge is 2.34. The molecule has 0 spiro atoms. The van der Waals surface area contributed by atoms with Gasteiger partial charge in [0, 0.05) is 37.0 Å². The second-order valence-corrected chi connectivity index (χ2v) is 9.01. The van der Waals surface area contributed by atoms with Gasteiger partial charge in [0.15, 0.2) is 11.5 Å². The van der Waals surface area contributed by atoms with Crippen LogP contribution in [0.15, 0.2) is 79.6 Å². The lowest BCUT2D eigenvalue weighted by Crippen LogP contribution is -2.30. The van der Waals surface area contributed by atoms with Crippen molar-refractivity contribution in [1.29, 1.82) is 5.41 Å². The molecule has 1 atom stereocenters. The largest absolute Gasteiger partial charge is 0.493 e. The highest BCUT2D eigenvalue weighted by molar-refractivity contribution is 5.90. The number of aryl methyl sites for hydroxylation is 2. The Kier molecular flexibility index (Phi) is 5.84. The average molecular weight is 494 g/mol. The highest BCUT2D eigenvalue weighted by Crippen LogP contribution is 2.49. The SMILES string of the molecule is COc1ccc(C2c3c(ncn(CCCn4ccnc4)c3=N)Oc3ccc4ccccc4c32)cc1OC. The van der Waals surface area contributed by atoms with Crippen molar-refractivity contribution >= 4 is 10.8 Å². The molecular formula is C29H27N5O3. The fourth-order valence-corrected chi connectivity index (χ4v) is 5.14. The van der Waals surface area contributed by atoms with Gasteiger partial charge in [-0.1, -0.05) is 36.4 Å². The number of hydrogen-bond donors (Lipinski definition) is 1. The van der Waals surface area contributed by atoms with Crippen LogP contribution in [0, 0.1) is 5.41 Å². The van der Waals surface area contributed by atoms with Crippen LogP contribution in [0.25, 0.3) is 10.8 Å². The summed E-state index contributed by atoms with van der Waals surface area (Å²) in [7, 11) is 3.26. The molecule has 0 bridgehead atoms. The summed E-state index contributed by atoms with van der Waals surface area (Å²) in [5, 5.41) is 11.4. The predicted molar refractivity (Wildman–Crippen MR) is 139 cm³/mol. The van der Waals surface area contributed by atoms with Crippen molar-refractivity contribution in [3.05, 3.63) is 102 Å². The maximum Gasteiger partial charge on any atom is 0.228 e. The summed E-state index contributed by atoms with van der Waals surface area (Å²) in [4.78, 5) is 8.78. The highest BCUT2D eigenvalue weighted by atomic mass is 16.5. The summed E-state index contributed by atoms with van der Waals surface area (Å²) in [6, 6.07) is 18.2. The summed E-state index contributed by atoms with van der Waals surface area (Å²) in [6.45, 7) is 1.46. The second-order valence-electron chi connectivity index (χ2n) is 9.01. The summed E-state index contributed by atoms with van der Waals surface area (Å²) >= 11 is 0. The molecule has 0 amide bonds. The molecule has 8 heteroatoms. The molecule has 8 nitrogen and oxygen atoms in total. The Bertz CT molecular complexity index is 1640. The number of aromatic nitrogens is 4. The molecule has 186 valence electrons. The third-order valence-corrected chi connectivity index (χ3v) is 6.92. The van der Waals surface area contributed by atoms with E-state index in [2.05, 4.69) is 28.2 Å². The van der Waals surface area contributed by atoms with Crippen molar-refractivity contribution in [2.24, 2.45) is 0 Å². The average Bonchev–Trinajstić information content (AvgIpc) is 3.46. The molecular weight excluding hydrogens is 466 g/mol. The number of benzene rings is 3. The molecule has 1 aliphatic heterocycles. The molecule has 0 fully saturated rings. The van der Waals surface area contributed by atoms with E-state index in [1.165, 1.54) is 0 Å². The number of nitrogens with zero attached hydrogens (tertiary/aromatic N) is 4. The third-order valence-electron chi connectivity index (χ3n) is 6.92. The summed E-state index contributed by atoms with van der Waals surface area (Å²) in [6.07, 6.45) is 8.07. The molecule has 6 rings (SSSR count). The maximum atomic E-state index is 9.25. The number of nitrogens with one attached hydrogen (secondary N) is 1. The van der Waals surface area contributed by atoms with Crippen molar-refractivity contribution in [2.45, 2.75) is 25.4 Å². The Morgan fingerprint density at radius 1 is 0.946 bits per heavy atom. The first kappa shape index (κ1) is 22.8.